The summed E-state index contributed by atoms with van der Waals surface area (Å²) < 4.78 is 23.9. The molecule has 0 saturated heterocycles. The summed E-state index contributed by atoms with van der Waals surface area (Å²) >= 11 is 0. The molecule has 3 rings (SSSR count). The second kappa shape index (κ2) is 7.01. The van der Waals surface area contributed by atoms with Gasteiger partial charge < -0.3 is 14.8 Å². The fraction of sp³-hybridized carbons (Fsp3) is 0.316. The van der Waals surface area contributed by atoms with E-state index in [9.17, 15) is 9.18 Å². The van der Waals surface area contributed by atoms with Crippen LogP contribution in [0.4, 0.5) is 20.6 Å². The van der Waals surface area contributed by atoms with Crippen molar-refractivity contribution >= 4 is 17.4 Å². The number of hydrogen-bond acceptors (Lipinski definition) is 3. The van der Waals surface area contributed by atoms with E-state index in [0.29, 0.717) is 17.2 Å². The Labute approximate surface area is 146 Å². The van der Waals surface area contributed by atoms with Gasteiger partial charge in [-0.15, -0.1) is 0 Å². The summed E-state index contributed by atoms with van der Waals surface area (Å²) in [5, 5.41) is 2.88. The first-order valence-corrected chi connectivity index (χ1v) is 8.14. The molecule has 5 nitrogen and oxygen atoms in total. The standard InChI is InChI=1S/C19H21FN2O3/c1-12-4-5-13-10-14(20)6-8-16(13)22(12)19(23)21-15-7-9-17(24-2)18(11-15)25-3/h6-12H,4-5H2,1-3H3,(H,21,23). The van der Waals surface area contributed by atoms with Crippen molar-refractivity contribution in [2.24, 2.45) is 0 Å². The minimum atomic E-state index is -0.284. The summed E-state index contributed by atoms with van der Waals surface area (Å²) in [6, 6.07) is 9.50. The smallest absolute Gasteiger partial charge is 0.326 e. The number of amides is 2. The Bertz CT molecular complexity index is 794. The zero-order valence-corrected chi connectivity index (χ0v) is 14.5. The second-order valence-electron chi connectivity index (χ2n) is 6.03. The molecule has 0 spiro atoms. The number of rotatable bonds is 3. The van der Waals surface area contributed by atoms with Crippen LogP contribution in [0.15, 0.2) is 36.4 Å². The van der Waals surface area contributed by atoms with Crippen molar-refractivity contribution in [2.75, 3.05) is 24.4 Å². The van der Waals surface area contributed by atoms with E-state index in [0.717, 1.165) is 24.1 Å². The number of ether oxygens (including phenoxy) is 2. The van der Waals surface area contributed by atoms with Crippen LogP contribution < -0.4 is 19.7 Å². The largest absolute Gasteiger partial charge is 0.493 e. The van der Waals surface area contributed by atoms with Crippen molar-refractivity contribution in [1.29, 1.82) is 0 Å². The van der Waals surface area contributed by atoms with Gasteiger partial charge in [0.25, 0.3) is 0 Å². The monoisotopic (exact) mass is 344 g/mol. The Hall–Kier alpha value is -2.76. The summed E-state index contributed by atoms with van der Waals surface area (Å²) in [5.74, 6) is 0.843. The molecule has 1 heterocycles. The molecule has 1 atom stereocenters. The number of nitrogens with zero attached hydrogens (tertiary/aromatic N) is 1. The molecule has 25 heavy (non-hydrogen) atoms. The molecule has 0 bridgehead atoms. The number of methoxy groups -OCH3 is 2. The predicted molar refractivity (Wildman–Crippen MR) is 95.2 cm³/mol. The number of nitrogens with one attached hydrogen (secondary N) is 1. The van der Waals surface area contributed by atoms with E-state index in [1.54, 1.807) is 43.4 Å². The van der Waals surface area contributed by atoms with Crippen molar-refractivity contribution in [3.05, 3.63) is 47.8 Å². The van der Waals surface area contributed by atoms with Crippen LogP contribution in [0.2, 0.25) is 0 Å². The molecule has 0 fully saturated rings. The first-order valence-electron chi connectivity index (χ1n) is 8.14. The third kappa shape index (κ3) is 3.38. The molecule has 132 valence electrons. The Morgan fingerprint density at radius 2 is 1.92 bits per heavy atom. The summed E-state index contributed by atoms with van der Waals surface area (Å²) in [4.78, 5) is 14.5. The Morgan fingerprint density at radius 1 is 1.16 bits per heavy atom. The Kier molecular flexibility index (Phi) is 4.79. The van der Waals surface area contributed by atoms with Gasteiger partial charge in [-0.2, -0.15) is 0 Å². The van der Waals surface area contributed by atoms with Gasteiger partial charge >= 0.3 is 6.03 Å². The van der Waals surface area contributed by atoms with Crippen LogP contribution in [0.5, 0.6) is 11.5 Å². The van der Waals surface area contributed by atoms with Crippen LogP contribution in [0.25, 0.3) is 0 Å². The molecule has 1 unspecified atom stereocenters. The maximum atomic E-state index is 13.5. The average molecular weight is 344 g/mol. The quantitative estimate of drug-likeness (QED) is 0.907. The molecule has 0 saturated carbocycles. The van der Waals surface area contributed by atoms with Crippen molar-refractivity contribution in [1.82, 2.24) is 0 Å². The lowest BCUT2D eigenvalue weighted by molar-refractivity contribution is 0.254. The fourth-order valence-electron chi connectivity index (χ4n) is 3.13. The van der Waals surface area contributed by atoms with Gasteiger partial charge in [-0.3, -0.25) is 4.90 Å². The number of benzene rings is 2. The first-order chi connectivity index (χ1) is 12.0. The Morgan fingerprint density at radius 3 is 2.64 bits per heavy atom. The molecule has 0 aromatic heterocycles. The van der Waals surface area contributed by atoms with Gasteiger partial charge in [0.05, 0.1) is 14.2 Å². The molecule has 1 aliphatic heterocycles. The predicted octanol–water partition coefficient (Wildman–Crippen LogP) is 4.22. The molecule has 0 aliphatic carbocycles. The molecule has 2 aromatic carbocycles. The number of halogens is 1. The Balaban J connectivity index is 1.86. The maximum Gasteiger partial charge on any atom is 0.326 e. The number of hydrogen-bond donors (Lipinski definition) is 1. The molecule has 6 heteroatoms. The van der Waals surface area contributed by atoms with Gasteiger partial charge in [-0.1, -0.05) is 0 Å². The highest BCUT2D eigenvalue weighted by Crippen LogP contribution is 2.33. The van der Waals surface area contributed by atoms with Crippen LogP contribution >= 0.6 is 0 Å². The minimum absolute atomic E-state index is 0.0260. The normalized spacial score (nSPS) is 16.2. The van der Waals surface area contributed by atoms with Crippen molar-refractivity contribution < 1.29 is 18.7 Å². The first kappa shape index (κ1) is 17.1. The van der Waals surface area contributed by atoms with E-state index in [2.05, 4.69) is 5.32 Å². The van der Waals surface area contributed by atoms with E-state index < -0.39 is 0 Å². The van der Waals surface area contributed by atoms with E-state index >= 15 is 0 Å². The number of carbonyl (C=O) groups is 1. The molecule has 1 aliphatic rings. The minimum Gasteiger partial charge on any atom is -0.493 e. The second-order valence-corrected chi connectivity index (χ2v) is 6.03. The molecule has 2 amide bonds. The highest BCUT2D eigenvalue weighted by Gasteiger charge is 2.28. The lowest BCUT2D eigenvalue weighted by Crippen LogP contribution is -2.44. The van der Waals surface area contributed by atoms with Crippen LogP contribution in [0, 0.1) is 5.82 Å². The molecular formula is C19H21FN2O3. The highest BCUT2D eigenvalue weighted by atomic mass is 19.1. The lowest BCUT2D eigenvalue weighted by Gasteiger charge is -2.35. The van der Waals surface area contributed by atoms with Crippen LogP contribution in [-0.2, 0) is 6.42 Å². The summed E-state index contributed by atoms with van der Waals surface area (Å²) in [6.07, 6.45) is 1.55. The zero-order valence-electron chi connectivity index (χ0n) is 14.5. The van der Waals surface area contributed by atoms with Gasteiger partial charge in [0.1, 0.15) is 5.82 Å². The summed E-state index contributed by atoms with van der Waals surface area (Å²) in [7, 11) is 3.10. The summed E-state index contributed by atoms with van der Waals surface area (Å²) in [5.41, 5.74) is 2.20. The topological polar surface area (TPSA) is 50.8 Å². The van der Waals surface area contributed by atoms with E-state index in [-0.39, 0.29) is 17.9 Å². The number of urea groups is 1. The maximum absolute atomic E-state index is 13.5. The SMILES string of the molecule is COc1ccc(NC(=O)N2c3ccc(F)cc3CCC2C)cc1OC. The van der Waals surface area contributed by atoms with E-state index in [4.69, 9.17) is 9.47 Å². The van der Waals surface area contributed by atoms with Crippen molar-refractivity contribution in [2.45, 2.75) is 25.8 Å². The fourth-order valence-corrected chi connectivity index (χ4v) is 3.13. The number of carbonyl (C=O) groups excluding carboxylic acids is 1. The zero-order chi connectivity index (χ0) is 18.0. The van der Waals surface area contributed by atoms with Crippen LogP contribution in [-0.4, -0.2) is 26.3 Å². The van der Waals surface area contributed by atoms with Gasteiger partial charge in [-0.05, 0) is 55.7 Å². The van der Waals surface area contributed by atoms with Crippen LogP contribution in [0.3, 0.4) is 0 Å². The number of anilines is 2. The summed E-state index contributed by atoms with van der Waals surface area (Å²) in [6.45, 7) is 1.99. The van der Waals surface area contributed by atoms with Gasteiger partial charge in [-0.25, -0.2) is 9.18 Å². The third-order valence-corrected chi connectivity index (χ3v) is 4.43. The van der Waals surface area contributed by atoms with Gasteiger partial charge in [0.15, 0.2) is 11.5 Å². The molecular weight excluding hydrogens is 323 g/mol. The lowest BCUT2D eigenvalue weighted by atomic mass is 9.97. The van der Waals surface area contributed by atoms with Crippen molar-refractivity contribution in [3.8, 4) is 11.5 Å². The van der Waals surface area contributed by atoms with Gasteiger partial charge in [0, 0.05) is 23.5 Å². The molecule has 2 aromatic rings. The van der Waals surface area contributed by atoms with E-state index in [1.165, 1.54) is 12.1 Å². The molecule has 1 N–H and O–H groups in total. The number of aryl methyl sites for hydroxylation is 1. The third-order valence-electron chi connectivity index (χ3n) is 4.43. The van der Waals surface area contributed by atoms with Gasteiger partial charge in [0.2, 0.25) is 0 Å². The number of fused-ring (bicyclic) bond motifs is 1. The molecule has 0 radical (unpaired) electrons. The van der Waals surface area contributed by atoms with Crippen LogP contribution in [0.1, 0.15) is 18.9 Å². The average Bonchev–Trinajstić information content (AvgIpc) is 2.61. The highest BCUT2D eigenvalue weighted by molar-refractivity contribution is 6.03. The van der Waals surface area contributed by atoms with E-state index in [1.807, 2.05) is 6.92 Å². The van der Waals surface area contributed by atoms with Crippen molar-refractivity contribution in [3.63, 3.8) is 0 Å².